The zero-order valence-corrected chi connectivity index (χ0v) is 12.7. The molecular formula is C20H24. The van der Waals surface area contributed by atoms with Crippen LogP contribution in [0.5, 0.6) is 0 Å². The summed E-state index contributed by atoms with van der Waals surface area (Å²) in [5.41, 5.74) is 11.6. The van der Waals surface area contributed by atoms with E-state index in [1.54, 1.807) is 16.7 Å². The lowest BCUT2D eigenvalue weighted by Crippen LogP contribution is -2.32. The van der Waals surface area contributed by atoms with Gasteiger partial charge in [0.2, 0.25) is 0 Å². The van der Waals surface area contributed by atoms with Gasteiger partial charge in [-0.1, -0.05) is 17.2 Å². The third-order valence-corrected chi connectivity index (χ3v) is 6.05. The molecule has 0 heterocycles. The predicted molar refractivity (Wildman–Crippen MR) is 84.3 cm³/mol. The summed E-state index contributed by atoms with van der Waals surface area (Å²) in [6.07, 6.45) is 15.1. The van der Waals surface area contributed by atoms with E-state index in [1.165, 1.54) is 44.1 Å². The van der Waals surface area contributed by atoms with Gasteiger partial charge in [0.05, 0.1) is 0 Å². The van der Waals surface area contributed by atoms with Crippen molar-refractivity contribution in [2.75, 3.05) is 0 Å². The number of fused-ring (bicyclic) bond motifs is 4. The Hall–Kier alpha value is -1.26. The van der Waals surface area contributed by atoms with E-state index in [4.69, 9.17) is 0 Å². The van der Waals surface area contributed by atoms with Crippen LogP contribution in [-0.4, -0.2) is 0 Å². The van der Waals surface area contributed by atoms with E-state index in [-0.39, 0.29) is 0 Å². The molecular weight excluding hydrogens is 240 g/mol. The highest BCUT2D eigenvalue weighted by molar-refractivity contribution is 5.44. The second-order valence-electron chi connectivity index (χ2n) is 7.12. The van der Waals surface area contributed by atoms with Gasteiger partial charge >= 0.3 is 0 Å². The molecule has 0 bridgehead atoms. The number of hydrogen-bond acceptors (Lipinski definition) is 0. The van der Waals surface area contributed by atoms with Gasteiger partial charge in [-0.05, 0) is 99.0 Å². The molecule has 104 valence electrons. The summed E-state index contributed by atoms with van der Waals surface area (Å²) in [7, 11) is 0. The summed E-state index contributed by atoms with van der Waals surface area (Å²) >= 11 is 0. The smallest absolute Gasteiger partial charge is 0.0116 e. The molecule has 0 heteroatoms. The van der Waals surface area contributed by atoms with Crippen molar-refractivity contribution in [3.63, 3.8) is 0 Å². The first-order chi connectivity index (χ1) is 9.74. The molecule has 4 aliphatic rings. The fourth-order valence-corrected chi connectivity index (χ4v) is 5.13. The molecule has 4 rings (SSSR count). The van der Waals surface area contributed by atoms with Crippen molar-refractivity contribution < 1.29 is 0 Å². The van der Waals surface area contributed by atoms with E-state index in [9.17, 15) is 0 Å². The molecule has 1 saturated carbocycles. The monoisotopic (exact) mass is 264 g/mol. The van der Waals surface area contributed by atoms with Gasteiger partial charge in [0.25, 0.3) is 0 Å². The molecule has 0 aliphatic heterocycles. The minimum Gasteiger partial charge on any atom is -0.120 e. The number of hydrogen-bond donors (Lipinski definition) is 0. The van der Waals surface area contributed by atoms with Crippen LogP contribution in [0.4, 0.5) is 0 Å². The van der Waals surface area contributed by atoms with Crippen LogP contribution in [0.15, 0.2) is 51.8 Å². The normalized spacial score (nSPS) is 35.5. The van der Waals surface area contributed by atoms with Gasteiger partial charge in [-0.25, -0.2) is 0 Å². The van der Waals surface area contributed by atoms with E-state index >= 15 is 0 Å². The van der Waals surface area contributed by atoms with Crippen LogP contribution in [0, 0.1) is 17.8 Å². The first-order valence-electron chi connectivity index (χ1n) is 8.26. The maximum atomic E-state index is 3.41. The van der Waals surface area contributed by atoms with Gasteiger partial charge in [0, 0.05) is 0 Å². The van der Waals surface area contributed by atoms with Crippen molar-refractivity contribution in [3.8, 4) is 0 Å². The standard InChI is InChI=1S/C20H24/c1-13-4-3-5-17-15(12-13)7-9-20-18-8-6-14(2)16(18)10-11-19(17)20/h4-5,12,18-20H,6-11H2,1-2H3. The quantitative estimate of drug-likeness (QED) is 0.400. The minimum atomic E-state index is 0.807. The van der Waals surface area contributed by atoms with E-state index in [1.807, 2.05) is 5.57 Å². The Kier molecular flexibility index (Phi) is 2.89. The van der Waals surface area contributed by atoms with Crippen LogP contribution >= 0.6 is 0 Å². The third kappa shape index (κ3) is 1.82. The molecule has 0 spiro atoms. The van der Waals surface area contributed by atoms with E-state index in [2.05, 4.69) is 37.8 Å². The Labute approximate surface area is 122 Å². The molecule has 0 N–H and O–H groups in total. The van der Waals surface area contributed by atoms with E-state index < -0.39 is 0 Å². The van der Waals surface area contributed by atoms with Crippen LogP contribution in [0.3, 0.4) is 0 Å². The Morgan fingerprint density at radius 1 is 0.950 bits per heavy atom. The molecule has 0 aromatic carbocycles. The highest BCUT2D eigenvalue weighted by atomic mass is 14.5. The highest BCUT2D eigenvalue weighted by Gasteiger charge is 2.42. The van der Waals surface area contributed by atoms with E-state index in [0.29, 0.717) is 0 Å². The molecule has 0 radical (unpaired) electrons. The molecule has 3 atom stereocenters. The van der Waals surface area contributed by atoms with Crippen molar-refractivity contribution in [2.24, 2.45) is 17.8 Å². The van der Waals surface area contributed by atoms with Gasteiger partial charge in [0.15, 0.2) is 0 Å². The van der Waals surface area contributed by atoms with Crippen LogP contribution in [0.1, 0.15) is 52.4 Å². The van der Waals surface area contributed by atoms with Gasteiger partial charge in [-0.3, -0.25) is 0 Å². The van der Waals surface area contributed by atoms with Crippen molar-refractivity contribution >= 4 is 0 Å². The zero-order valence-electron chi connectivity index (χ0n) is 12.7. The highest BCUT2D eigenvalue weighted by Crippen LogP contribution is 2.54. The molecule has 0 amide bonds. The summed E-state index contributed by atoms with van der Waals surface area (Å²) in [5.74, 6) is 2.63. The largest absolute Gasteiger partial charge is 0.120 e. The van der Waals surface area contributed by atoms with Crippen molar-refractivity contribution in [2.45, 2.75) is 52.4 Å². The van der Waals surface area contributed by atoms with Gasteiger partial charge < -0.3 is 0 Å². The summed E-state index contributed by atoms with van der Waals surface area (Å²) < 4.78 is 0. The molecule has 0 aromatic rings. The average Bonchev–Trinajstić information content (AvgIpc) is 2.71. The maximum absolute atomic E-state index is 3.41. The van der Waals surface area contributed by atoms with Crippen LogP contribution < -0.4 is 0 Å². The Balaban J connectivity index is 1.73. The maximum Gasteiger partial charge on any atom is -0.0116 e. The molecule has 20 heavy (non-hydrogen) atoms. The number of rotatable bonds is 0. The fraction of sp³-hybridized carbons (Fsp3) is 0.550. The van der Waals surface area contributed by atoms with Crippen LogP contribution in [-0.2, 0) is 0 Å². The molecule has 0 nitrogen and oxygen atoms in total. The fourth-order valence-electron chi connectivity index (χ4n) is 5.13. The summed E-state index contributed by atoms with van der Waals surface area (Å²) in [5, 5.41) is 0. The summed E-state index contributed by atoms with van der Waals surface area (Å²) in [6.45, 7) is 4.58. The van der Waals surface area contributed by atoms with Crippen molar-refractivity contribution in [1.82, 2.24) is 0 Å². The van der Waals surface area contributed by atoms with Crippen molar-refractivity contribution in [3.05, 3.63) is 51.8 Å². The topological polar surface area (TPSA) is 0 Å². The van der Waals surface area contributed by atoms with Crippen molar-refractivity contribution in [1.29, 1.82) is 0 Å². The molecule has 0 aromatic heterocycles. The summed E-state index contributed by atoms with van der Waals surface area (Å²) in [4.78, 5) is 0. The zero-order chi connectivity index (χ0) is 13.7. The minimum absolute atomic E-state index is 0.807. The Morgan fingerprint density at radius 3 is 2.70 bits per heavy atom. The molecule has 1 fully saturated rings. The summed E-state index contributed by atoms with van der Waals surface area (Å²) in [6, 6.07) is 0. The lowest BCUT2D eigenvalue weighted by molar-refractivity contribution is 0.209. The van der Waals surface area contributed by atoms with Gasteiger partial charge in [0.1, 0.15) is 0 Å². The lowest BCUT2D eigenvalue weighted by atomic mass is 9.62. The van der Waals surface area contributed by atoms with Gasteiger partial charge in [-0.2, -0.15) is 0 Å². The Morgan fingerprint density at radius 2 is 1.80 bits per heavy atom. The molecule has 0 saturated heterocycles. The Bertz CT molecular complexity index is 602. The third-order valence-electron chi connectivity index (χ3n) is 6.05. The second kappa shape index (κ2) is 4.64. The van der Waals surface area contributed by atoms with Crippen LogP contribution in [0.2, 0.25) is 0 Å². The molecule has 3 unspecified atom stereocenters. The number of allylic oxidation sites excluding steroid dienone is 7. The van der Waals surface area contributed by atoms with Gasteiger partial charge in [-0.15, -0.1) is 5.73 Å². The first kappa shape index (κ1) is 12.5. The predicted octanol–water partition coefficient (Wildman–Crippen LogP) is 5.50. The van der Waals surface area contributed by atoms with E-state index in [0.717, 1.165) is 17.8 Å². The lowest BCUT2D eigenvalue weighted by Gasteiger charge is -2.42. The first-order valence-corrected chi connectivity index (χ1v) is 8.26. The average molecular weight is 264 g/mol. The van der Waals surface area contributed by atoms with Crippen LogP contribution in [0.25, 0.3) is 0 Å². The second-order valence-corrected chi connectivity index (χ2v) is 7.12. The SMILES string of the molecule is CC1=CC2=C(C=C=C1)C1CCC3=C(C)CCC3C1CC2. The molecule has 4 aliphatic carbocycles.